The lowest BCUT2D eigenvalue weighted by Gasteiger charge is -2.37. The smallest absolute Gasteiger partial charge is 0.0707 e. The summed E-state index contributed by atoms with van der Waals surface area (Å²) in [4.78, 5) is 2.58. The molecule has 1 aliphatic carbocycles. The van der Waals surface area contributed by atoms with E-state index in [1.54, 1.807) is 0 Å². The summed E-state index contributed by atoms with van der Waals surface area (Å²) in [5, 5.41) is 3.49. The van der Waals surface area contributed by atoms with Crippen LogP contribution in [-0.2, 0) is 4.74 Å². The number of nitrogens with one attached hydrogen (secondary N) is 1. The van der Waals surface area contributed by atoms with Crippen LogP contribution in [0.1, 0.15) is 59.3 Å². The molecule has 0 amide bonds. The van der Waals surface area contributed by atoms with Crippen LogP contribution in [0, 0.1) is 5.92 Å². The number of hydrogen-bond donors (Lipinski definition) is 1. The third-order valence-electron chi connectivity index (χ3n) is 5.07. The molecule has 4 atom stereocenters. The fraction of sp³-hybridized carbons (Fsp3) is 1.00. The minimum atomic E-state index is 0.430. The first kappa shape index (κ1) is 16.3. The van der Waals surface area contributed by atoms with Gasteiger partial charge in [0.15, 0.2) is 0 Å². The summed E-state index contributed by atoms with van der Waals surface area (Å²) in [6.45, 7) is 8.95. The molecular formula is C17H34N2O. The van der Waals surface area contributed by atoms with Crippen LogP contribution in [-0.4, -0.2) is 49.3 Å². The van der Waals surface area contributed by atoms with Gasteiger partial charge in [-0.25, -0.2) is 0 Å². The zero-order chi connectivity index (χ0) is 14.5. The van der Waals surface area contributed by atoms with Gasteiger partial charge in [0.1, 0.15) is 0 Å². The number of nitrogens with zero attached hydrogens (tertiary/aromatic N) is 1. The van der Waals surface area contributed by atoms with Gasteiger partial charge in [0.2, 0.25) is 0 Å². The molecule has 0 aromatic rings. The summed E-state index contributed by atoms with van der Waals surface area (Å²) in [6, 6.07) is 1.34. The van der Waals surface area contributed by atoms with E-state index in [2.05, 4.69) is 38.0 Å². The van der Waals surface area contributed by atoms with Gasteiger partial charge in [0.25, 0.3) is 0 Å². The van der Waals surface area contributed by atoms with Crippen molar-refractivity contribution in [1.29, 1.82) is 0 Å². The molecule has 2 fully saturated rings. The van der Waals surface area contributed by atoms with Crippen LogP contribution < -0.4 is 5.32 Å². The Morgan fingerprint density at radius 3 is 2.50 bits per heavy atom. The van der Waals surface area contributed by atoms with E-state index in [0.717, 1.165) is 25.0 Å². The Kier molecular flexibility index (Phi) is 6.31. The second-order valence-corrected chi connectivity index (χ2v) is 7.29. The zero-order valence-electron chi connectivity index (χ0n) is 13.9. The highest BCUT2D eigenvalue weighted by Gasteiger charge is 2.30. The molecule has 118 valence electrons. The Balaban J connectivity index is 1.71. The van der Waals surface area contributed by atoms with Gasteiger partial charge in [-0.3, -0.25) is 0 Å². The van der Waals surface area contributed by atoms with Crippen molar-refractivity contribution >= 4 is 0 Å². The molecule has 1 aliphatic heterocycles. The predicted octanol–water partition coefficient (Wildman–Crippen LogP) is 3.04. The maximum absolute atomic E-state index is 6.20. The van der Waals surface area contributed by atoms with Gasteiger partial charge in [-0.15, -0.1) is 0 Å². The van der Waals surface area contributed by atoms with E-state index in [9.17, 15) is 0 Å². The van der Waals surface area contributed by atoms with Crippen LogP contribution >= 0.6 is 0 Å². The first-order chi connectivity index (χ1) is 9.56. The molecule has 3 heteroatoms. The minimum Gasteiger partial charge on any atom is -0.372 e. The molecule has 1 N–H and O–H groups in total. The Labute approximate surface area is 125 Å². The van der Waals surface area contributed by atoms with E-state index in [-0.39, 0.29) is 0 Å². The summed E-state index contributed by atoms with van der Waals surface area (Å²) >= 11 is 0. The molecule has 0 aromatic carbocycles. The topological polar surface area (TPSA) is 24.5 Å². The normalized spacial score (nSPS) is 35.1. The number of hydrogen-bond acceptors (Lipinski definition) is 3. The van der Waals surface area contributed by atoms with Crippen molar-refractivity contribution in [3.8, 4) is 0 Å². The second kappa shape index (κ2) is 7.77. The van der Waals surface area contributed by atoms with Crippen molar-refractivity contribution in [1.82, 2.24) is 10.2 Å². The van der Waals surface area contributed by atoms with Gasteiger partial charge in [0, 0.05) is 25.2 Å². The maximum atomic E-state index is 6.20. The summed E-state index contributed by atoms with van der Waals surface area (Å²) in [6.07, 6.45) is 8.95. The Morgan fingerprint density at radius 2 is 1.80 bits per heavy atom. The molecule has 2 rings (SSSR count). The van der Waals surface area contributed by atoms with Crippen LogP contribution in [0.5, 0.6) is 0 Å². The summed E-state index contributed by atoms with van der Waals surface area (Å²) in [5.41, 5.74) is 0. The van der Waals surface area contributed by atoms with E-state index < -0.39 is 0 Å². The molecule has 2 aliphatic rings. The van der Waals surface area contributed by atoms with E-state index in [1.165, 1.54) is 38.5 Å². The molecular weight excluding hydrogens is 248 g/mol. The first-order valence-corrected chi connectivity index (χ1v) is 8.65. The van der Waals surface area contributed by atoms with Gasteiger partial charge in [-0.05, 0) is 38.6 Å². The van der Waals surface area contributed by atoms with Gasteiger partial charge in [-0.2, -0.15) is 0 Å². The zero-order valence-corrected chi connectivity index (χ0v) is 13.9. The second-order valence-electron chi connectivity index (χ2n) is 7.29. The monoisotopic (exact) mass is 282 g/mol. The molecule has 0 aromatic heterocycles. The average Bonchev–Trinajstić information content (AvgIpc) is 2.84. The lowest BCUT2D eigenvalue weighted by atomic mass is 9.85. The van der Waals surface area contributed by atoms with Gasteiger partial charge in [-0.1, -0.05) is 33.6 Å². The molecule has 0 spiro atoms. The molecule has 20 heavy (non-hydrogen) atoms. The van der Waals surface area contributed by atoms with E-state index in [1.807, 2.05) is 0 Å². The quantitative estimate of drug-likeness (QED) is 0.810. The van der Waals surface area contributed by atoms with Gasteiger partial charge >= 0.3 is 0 Å². The molecule has 0 radical (unpaired) electrons. The molecule has 1 heterocycles. The highest BCUT2D eigenvalue weighted by molar-refractivity contribution is 4.83. The first-order valence-electron chi connectivity index (χ1n) is 8.65. The van der Waals surface area contributed by atoms with Crippen molar-refractivity contribution in [2.24, 2.45) is 5.92 Å². The van der Waals surface area contributed by atoms with Crippen molar-refractivity contribution in [2.75, 3.05) is 20.1 Å². The van der Waals surface area contributed by atoms with Crippen molar-refractivity contribution in [3.63, 3.8) is 0 Å². The molecule has 4 unspecified atom stereocenters. The standard InChI is InChI=1S/C17H34N2O/c1-13(2)18-11-15-9-10-16(20-15)12-19(4)17-8-6-5-7-14(17)3/h13-18H,5-12H2,1-4H3. The number of ether oxygens (including phenoxy) is 1. The summed E-state index contributed by atoms with van der Waals surface area (Å²) in [7, 11) is 2.30. The van der Waals surface area contributed by atoms with Crippen LogP contribution in [0.15, 0.2) is 0 Å². The van der Waals surface area contributed by atoms with Crippen LogP contribution in [0.2, 0.25) is 0 Å². The Morgan fingerprint density at radius 1 is 1.10 bits per heavy atom. The van der Waals surface area contributed by atoms with Crippen LogP contribution in [0.3, 0.4) is 0 Å². The molecule has 1 saturated heterocycles. The SMILES string of the molecule is CC(C)NCC1CCC(CN(C)C2CCCCC2C)O1. The van der Waals surface area contributed by atoms with E-state index in [0.29, 0.717) is 18.2 Å². The highest BCUT2D eigenvalue weighted by atomic mass is 16.5. The Bertz CT molecular complexity index is 282. The lowest BCUT2D eigenvalue weighted by Crippen LogP contribution is -2.43. The summed E-state index contributed by atoms with van der Waals surface area (Å²) in [5.74, 6) is 0.855. The van der Waals surface area contributed by atoms with Crippen LogP contribution in [0.25, 0.3) is 0 Å². The van der Waals surface area contributed by atoms with Crippen molar-refractivity contribution in [2.45, 2.75) is 83.6 Å². The maximum Gasteiger partial charge on any atom is 0.0707 e. The van der Waals surface area contributed by atoms with Crippen molar-refractivity contribution < 1.29 is 4.74 Å². The third-order valence-corrected chi connectivity index (χ3v) is 5.07. The van der Waals surface area contributed by atoms with E-state index in [4.69, 9.17) is 4.74 Å². The van der Waals surface area contributed by atoms with E-state index >= 15 is 0 Å². The molecule has 1 saturated carbocycles. The molecule has 0 bridgehead atoms. The van der Waals surface area contributed by atoms with Gasteiger partial charge < -0.3 is 15.0 Å². The summed E-state index contributed by atoms with van der Waals surface area (Å²) < 4.78 is 6.20. The lowest BCUT2D eigenvalue weighted by molar-refractivity contribution is 0.0103. The number of rotatable bonds is 6. The highest BCUT2D eigenvalue weighted by Crippen LogP contribution is 2.29. The predicted molar refractivity (Wildman–Crippen MR) is 85.1 cm³/mol. The average molecular weight is 282 g/mol. The number of likely N-dealkylation sites (N-methyl/N-ethyl adjacent to an activating group) is 1. The van der Waals surface area contributed by atoms with Gasteiger partial charge in [0.05, 0.1) is 12.2 Å². The fourth-order valence-electron chi connectivity index (χ4n) is 3.84. The fourth-order valence-corrected chi connectivity index (χ4v) is 3.84. The van der Waals surface area contributed by atoms with Crippen LogP contribution in [0.4, 0.5) is 0 Å². The third kappa shape index (κ3) is 4.71. The molecule has 3 nitrogen and oxygen atoms in total. The Hall–Kier alpha value is -0.120. The largest absolute Gasteiger partial charge is 0.372 e. The van der Waals surface area contributed by atoms with Crippen molar-refractivity contribution in [3.05, 3.63) is 0 Å². The minimum absolute atomic E-state index is 0.430.